The number of allylic oxidation sites excluding steroid dienone is 1. The number of amides is 3. The van der Waals surface area contributed by atoms with Gasteiger partial charge in [0.05, 0.1) is 18.7 Å². The lowest BCUT2D eigenvalue weighted by Crippen LogP contribution is -2.46. The van der Waals surface area contributed by atoms with Gasteiger partial charge in [-0.1, -0.05) is 30.3 Å². The van der Waals surface area contributed by atoms with E-state index in [0.717, 1.165) is 11.1 Å². The van der Waals surface area contributed by atoms with Crippen LogP contribution in [0.1, 0.15) is 24.1 Å². The van der Waals surface area contributed by atoms with Crippen LogP contribution in [0.4, 0.5) is 10.5 Å². The number of benzene rings is 2. The smallest absolute Gasteiger partial charge is 0.319 e. The van der Waals surface area contributed by atoms with E-state index >= 15 is 0 Å². The zero-order chi connectivity index (χ0) is 18.7. The van der Waals surface area contributed by atoms with E-state index in [1.807, 2.05) is 49.4 Å². The third-order valence-corrected chi connectivity index (χ3v) is 4.24. The van der Waals surface area contributed by atoms with Gasteiger partial charge in [0.1, 0.15) is 5.75 Å². The summed E-state index contributed by atoms with van der Waals surface area (Å²) in [5.74, 6) is 0.324. The molecule has 2 aromatic carbocycles. The number of hydrogen-bond donors (Lipinski definition) is 3. The molecule has 1 aliphatic heterocycles. The maximum absolute atomic E-state index is 13.0. The second-order valence-corrected chi connectivity index (χ2v) is 6.14. The number of urea groups is 1. The Morgan fingerprint density at radius 3 is 2.62 bits per heavy atom. The van der Waals surface area contributed by atoms with Crippen LogP contribution in [0.15, 0.2) is 59.8 Å². The van der Waals surface area contributed by atoms with E-state index in [2.05, 4.69) is 16.0 Å². The molecule has 1 atom stereocenters. The maximum Gasteiger partial charge on any atom is 0.319 e. The lowest BCUT2D eigenvalue weighted by Gasteiger charge is -2.29. The Morgan fingerprint density at radius 2 is 1.88 bits per heavy atom. The van der Waals surface area contributed by atoms with Crippen LogP contribution in [0.25, 0.3) is 0 Å². The fourth-order valence-corrected chi connectivity index (χ4v) is 3.05. The zero-order valence-electron chi connectivity index (χ0n) is 14.9. The molecule has 0 radical (unpaired) electrons. The molecule has 0 bridgehead atoms. The number of para-hydroxylation sites is 1. The second kappa shape index (κ2) is 7.31. The van der Waals surface area contributed by atoms with Gasteiger partial charge in [-0.15, -0.1) is 0 Å². The van der Waals surface area contributed by atoms with Gasteiger partial charge >= 0.3 is 6.03 Å². The van der Waals surface area contributed by atoms with Crippen molar-refractivity contribution in [1.29, 1.82) is 0 Å². The maximum atomic E-state index is 13.0. The van der Waals surface area contributed by atoms with Crippen molar-refractivity contribution >= 4 is 17.6 Å². The largest absolute Gasteiger partial charge is 0.496 e. The Labute approximate surface area is 152 Å². The topological polar surface area (TPSA) is 79.5 Å². The Morgan fingerprint density at radius 1 is 1.12 bits per heavy atom. The number of aryl methyl sites for hydroxylation is 1. The molecule has 134 valence electrons. The third-order valence-electron chi connectivity index (χ3n) is 4.24. The van der Waals surface area contributed by atoms with Crippen LogP contribution >= 0.6 is 0 Å². The van der Waals surface area contributed by atoms with Gasteiger partial charge in [0, 0.05) is 16.9 Å². The van der Waals surface area contributed by atoms with Gasteiger partial charge in [-0.25, -0.2) is 4.79 Å². The lowest BCUT2D eigenvalue weighted by atomic mass is 9.94. The summed E-state index contributed by atoms with van der Waals surface area (Å²) in [6.45, 7) is 3.67. The average molecular weight is 351 g/mol. The minimum absolute atomic E-state index is 0.281. The number of rotatable bonds is 4. The molecule has 0 aromatic heterocycles. The van der Waals surface area contributed by atoms with E-state index in [1.165, 1.54) is 0 Å². The number of ether oxygens (including phenoxy) is 1. The monoisotopic (exact) mass is 351 g/mol. The summed E-state index contributed by atoms with van der Waals surface area (Å²) in [4.78, 5) is 25.0. The molecule has 0 spiro atoms. The van der Waals surface area contributed by atoms with E-state index < -0.39 is 6.04 Å². The van der Waals surface area contributed by atoms with Gasteiger partial charge in [0.15, 0.2) is 0 Å². The molecule has 1 aliphatic rings. The summed E-state index contributed by atoms with van der Waals surface area (Å²) in [5, 5.41) is 8.40. The van der Waals surface area contributed by atoms with E-state index in [1.54, 1.807) is 20.1 Å². The van der Waals surface area contributed by atoms with Crippen molar-refractivity contribution in [3.05, 3.63) is 70.9 Å². The standard InChI is InChI=1S/C20H21N3O3/c1-12-7-6-8-14(11-12)22-19(24)17-13(2)21-20(25)23-18(17)15-9-4-5-10-16(15)26-3/h4-11,18H,1-3H3,(H,22,24)(H2,21,23,25). The zero-order valence-corrected chi connectivity index (χ0v) is 14.9. The number of methoxy groups -OCH3 is 1. The molecule has 6 nitrogen and oxygen atoms in total. The fraction of sp³-hybridized carbons (Fsp3) is 0.200. The highest BCUT2D eigenvalue weighted by atomic mass is 16.5. The highest BCUT2D eigenvalue weighted by molar-refractivity contribution is 6.06. The Balaban J connectivity index is 1.99. The van der Waals surface area contributed by atoms with E-state index in [0.29, 0.717) is 22.7 Å². The molecular weight excluding hydrogens is 330 g/mol. The van der Waals surface area contributed by atoms with Crippen molar-refractivity contribution in [1.82, 2.24) is 10.6 Å². The first kappa shape index (κ1) is 17.5. The number of hydrogen-bond acceptors (Lipinski definition) is 3. The number of nitrogens with one attached hydrogen (secondary N) is 3. The molecule has 0 aliphatic carbocycles. The summed E-state index contributed by atoms with van der Waals surface area (Å²) in [6.07, 6.45) is 0. The first-order valence-corrected chi connectivity index (χ1v) is 8.29. The molecule has 3 amide bonds. The minimum atomic E-state index is -0.607. The highest BCUT2D eigenvalue weighted by Crippen LogP contribution is 2.33. The molecule has 6 heteroatoms. The number of carbonyl (C=O) groups excluding carboxylic acids is 2. The molecule has 0 fully saturated rings. The highest BCUT2D eigenvalue weighted by Gasteiger charge is 2.32. The first-order valence-electron chi connectivity index (χ1n) is 8.29. The molecular formula is C20H21N3O3. The summed E-state index contributed by atoms with van der Waals surface area (Å²) < 4.78 is 5.41. The molecule has 0 saturated heterocycles. The van der Waals surface area contributed by atoms with E-state index in [4.69, 9.17) is 4.74 Å². The van der Waals surface area contributed by atoms with Crippen LogP contribution in [0, 0.1) is 6.92 Å². The van der Waals surface area contributed by atoms with Gasteiger partial charge in [-0.2, -0.15) is 0 Å². The fourth-order valence-electron chi connectivity index (χ4n) is 3.05. The van der Waals surface area contributed by atoms with E-state index in [9.17, 15) is 9.59 Å². The van der Waals surface area contributed by atoms with Crippen LogP contribution in [0.5, 0.6) is 5.75 Å². The van der Waals surface area contributed by atoms with Gasteiger partial charge in [-0.3, -0.25) is 4.79 Å². The molecule has 26 heavy (non-hydrogen) atoms. The van der Waals surface area contributed by atoms with E-state index in [-0.39, 0.29) is 11.9 Å². The summed E-state index contributed by atoms with van der Waals surface area (Å²) >= 11 is 0. The Bertz CT molecular complexity index is 889. The predicted octanol–water partition coefficient (Wildman–Crippen LogP) is 3.27. The first-order chi connectivity index (χ1) is 12.5. The average Bonchev–Trinajstić information content (AvgIpc) is 2.60. The van der Waals surface area contributed by atoms with Gasteiger partial charge in [-0.05, 0) is 37.6 Å². The third kappa shape index (κ3) is 3.54. The van der Waals surface area contributed by atoms with Gasteiger partial charge in [0.25, 0.3) is 5.91 Å². The van der Waals surface area contributed by atoms with Crippen LogP contribution < -0.4 is 20.7 Å². The van der Waals surface area contributed by atoms with Gasteiger partial charge in [0.2, 0.25) is 0 Å². The van der Waals surface area contributed by atoms with Crippen LogP contribution in [0.2, 0.25) is 0 Å². The lowest BCUT2D eigenvalue weighted by molar-refractivity contribution is -0.113. The molecule has 3 rings (SSSR count). The summed E-state index contributed by atoms with van der Waals surface area (Å²) in [7, 11) is 1.56. The molecule has 0 saturated carbocycles. The Hall–Kier alpha value is -3.28. The second-order valence-electron chi connectivity index (χ2n) is 6.14. The predicted molar refractivity (Wildman–Crippen MR) is 99.9 cm³/mol. The van der Waals surface area contributed by atoms with Crippen molar-refractivity contribution in [2.45, 2.75) is 19.9 Å². The molecule has 1 heterocycles. The van der Waals surface area contributed by atoms with Crippen LogP contribution in [-0.2, 0) is 4.79 Å². The van der Waals surface area contributed by atoms with Crippen molar-refractivity contribution in [2.75, 3.05) is 12.4 Å². The molecule has 3 N–H and O–H groups in total. The van der Waals surface area contributed by atoms with Gasteiger partial charge < -0.3 is 20.7 Å². The van der Waals surface area contributed by atoms with Crippen molar-refractivity contribution < 1.29 is 14.3 Å². The minimum Gasteiger partial charge on any atom is -0.496 e. The number of anilines is 1. The normalized spacial score (nSPS) is 16.6. The summed E-state index contributed by atoms with van der Waals surface area (Å²) in [5.41, 5.74) is 3.42. The van der Waals surface area contributed by atoms with Crippen molar-refractivity contribution in [3.63, 3.8) is 0 Å². The van der Waals surface area contributed by atoms with Crippen LogP contribution in [-0.4, -0.2) is 19.0 Å². The van der Waals surface area contributed by atoms with Crippen molar-refractivity contribution in [3.8, 4) is 5.75 Å². The number of carbonyl (C=O) groups is 2. The quantitative estimate of drug-likeness (QED) is 0.791. The Kier molecular flexibility index (Phi) is 4.93. The molecule has 1 unspecified atom stereocenters. The van der Waals surface area contributed by atoms with Crippen LogP contribution in [0.3, 0.4) is 0 Å². The summed E-state index contributed by atoms with van der Waals surface area (Å²) in [6, 6.07) is 13.9. The molecule has 2 aromatic rings. The van der Waals surface area contributed by atoms with Crippen molar-refractivity contribution in [2.24, 2.45) is 0 Å². The SMILES string of the molecule is COc1ccccc1C1NC(=O)NC(C)=C1C(=O)Nc1cccc(C)c1.